The number of likely N-dealkylation sites (tertiary alicyclic amines) is 1. The fraction of sp³-hybridized carbons (Fsp3) is 0.217. The number of carbonyl (C=O) groups excluding carboxylic acids is 1. The van der Waals surface area contributed by atoms with Crippen LogP contribution < -0.4 is 5.56 Å². The van der Waals surface area contributed by atoms with Crippen LogP contribution in [-0.2, 0) is 0 Å². The van der Waals surface area contributed by atoms with Crippen LogP contribution >= 0.6 is 11.6 Å². The van der Waals surface area contributed by atoms with Gasteiger partial charge in [0.25, 0.3) is 11.5 Å². The number of hydrogen-bond donors (Lipinski definition) is 2. The van der Waals surface area contributed by atoms with Gasteiger partial charge in [0.05, 0.1) is 11.0 Å². The van der Waals surface area contributed by atoms with Crippen molar-refractivity contribution in [2.45, 2.75) is 18.8 Å². The van der Waals surface area contributed by atoms with Gasteiger partial charge in [0.15, 0.2) is 0 Å². The number of aromatic nitrogens is 4. The van der Waals surface area contributed by atoms with Crippen LogP contribution in [0.2, 0.25) is 5.02 Å². The molecule has 2 aromatic carbocycles. The Morgan fingerprint density at radius 1 is 1.03 bits per heavy atom. The highest BCUT2D eigenvalue weighted by molar-refractivity contribution is 6.30. The molecule has 0 unspecified atom stereocenters. The largest absolute Gasteiger partial charge is 0.342 e. The number of hydrogen-bond acceptors (Lipinski definition) is 4. The molecule has 1 aliphatic heterocycles. The number of carbonyl (C=O) groups is 1. The van der Waals surface area contributed by atoms with Crippen molar-refractivity contribution < 1.29 is 4.79 Å². The van der Waals surface area contributed by atoms with E-state index in [-0.39, 0.29) is 17.4 Å². The summed E-state index contributed by atoms with van der Waals surface area (Å²) in [6, 6.07) is 14.9. The molecule has 4 aromatic rings. The van der Waals surface area contributed by atoms with E-state index in [4.69, 9.17) is 16.6 Å². The van der Waals surface area contributed by atoms with Gasteiger partial charge in [-0.25, -0.2) is 9.97 Å². The number of nitrogens with one attached hydrogen (secondary N) is 2. The van der Waals surface area contributed by atoms with Crippen LogP contribution in [0.15, 0.2) is 59.5 Å². The summed E-state index contributed by atoms with van der Waals surface area (Å²) in [7, 11) is 0. The monoisotopic (exact) mass is 433 g/mol. The van der Waals surface area contributed by atoms with Gasteiger partial charge in [-0.1, -0.05) is 23.7 Å². The van der Waals surface area contributed by atoms with Crippen molar-refractivity contribution in [1.29, 1.82) is 0 Å². The van der Waals surface area contributed by atoms with Crippen molar-refractivity contribution in [2.24, 2.45) is 0 Å². The molecule has 8 heteroatoms. The Balaban J connectivity index is 1.29. The number of rotatable bonds is 3. The van der Waals surface area contributed by atoms with Crippen molar-refractivity contribution in [2.75, 3.05) is 13.1 Å². The summed E-state index contributed by atoms with van der Waals surface area (Å²) < 4.78 is 0. The maximum absolute atomic E-state index is 12.9. The molecule has 1 saturated heterocycles. The van der Waals surface area contributed by atoms with Crippen LogP contribution in [0.4, 0.5) is 0 Å². The summed E-state index contributed by atoms with van der Waals surface area (Å²) in [5, 5.41) is 0.601. The summed E-state index contributed by atoms with van der Waals surface area (Å²) in [6.45, 7) is 1.14. The molecule has 5 rings (SSSR count). The van der Waals surface area contributed by atoms with E-state index in [0.29, 0.717) is 23.9 Å². The molecule has 2 N–H and O–H groups in total. The van der Waals surface area contributed by atoms with Crippen LogP contribution in [0.3, 0.4) is 0 Å². The first-order chi connectivity index (χ1) is 15.1. The molecular formula is C23H20ClN5O2. The molecule has 0 saturated carbocycles. The fourth-order valence-electron chi connectivity index (χ4n) is 3.99. The number of H-pyrrole nitrogens is 2. The van der Waals surface area contributed by atoms with Crippen molar-refractivity contribution in [3.63, 3.8) is 0 Å². The van der Waals surface area contributed by atoms with E-state index < -0.39 is 5.56 Å². The summed E-state index contributed by atoms with van der Waals surface area (Å²) in [6.07, 6.45) is 2.94. The van der Waals surface area contributed by atoms with E-state index in [0.717, 1.165) is 35.3 Å². The number of imidazole rings is 1. The third-order valence-electron chi connectivity index (χ3n) is 5.72. The second-order valence-corrected chi connectivity index (χ2v) is 8.12. The number of fused-ring (bicyclic) bond motifs is 1. The van der Waals surface area contributed by atoms with E-state index in [2.05, 4.69) is 15.0 Å². The third kappa shape index (κ3) is 3.84. The molecule has 0 aliphatic carbocycles. The van der Waals surface area contributed by atoms with Gasteiger partial charge in [0, 0.05) is 35.8 Å². The molecule has 0 radical (unpaired) electrons. The zero-order chi connectivity index (χ0) is 21.4. The van der Waals surface area contributed by atoms with Crippen LogP contribution in [-0.4, -0.2) is 43.8 Å². The van der Waals surface area contributed by atoms with Crippen molar-refractivity contribution in [3.05, 3.63) is 81.5 Å². The zero-order valence-corrected chi connectivity index (χ0v) is 17.4. The van der Waals surface area contributed by atoms with Gasteiger partial charge in [-0.2, -0.15) is 0 Å². The van der Waals surface area contributed by atoms with E-state index >= 15 is 0 Å². The predicted molar refractivity (Wildman–Crippen MR) is 119 cm³/mol. The van der Waals surface area contributed by atoms with Crippen molar-refractivity contribution >= 4 is 28.5 Å². The lowest BCUT2D eigenvalue weighted by Crippen LogP contribution is -2.40. The van der Waals surface area contributed by atoms with Gasteiger partial charge in [0.1, 0.15) is 17.2 Å². The topological polar surface area (TPSA) is 94.7 Å². The van der Waals surface area contributed by atoms with E-state index in [1.165, 1.54) is 6.20 Å². The minimum Gasteiger partial charge on any atom is -0.342 e. The fourth-order valence-corrected chi connectivity index (χ4v) is 4.12. The van der Waals surface area contributed by atoms with Crippen LogP contribution in [0.1, 0.15) is 34.9 Å². The number of amides is 1. The van der Waals surface area contributed by atoms with Gasteiger partial charge in [-0.3, -0.25) is 9.59 Å². The second kappa shape index (κ2) is 8.00. The zero-order valence-electron chi connectivity index (χ0n) is 16.6. The number of nitrogens with zero attached hydrogens (tertiary/aromatic N) is 3. The van der Waals surface area contributed by atoms with Gasteiger partial charge in [-0.05, 0) is 49.2 Å². The molecule has 0 atom stereocenters. The Morgan fingerprint density at radius 3 is 2.48 bits per heavy atom. The Hall–Kier alpha value is -3.45. The van der Waals surface area contributed by atoms with Crippen LogP contribution in [0, 0.1) is 0 Å². The number of halogens is 1. The molecule has 31 heavy (non-hydrogen) atoms. The summed E-state index contributed by atoms with van der Waals surface area (Å²) in [4.78, 5) is 42.3. The average molecular weight is 434 g/mol. The van der Waals surface area contributed by atoms with E-state index in [1.807, 2.05) is 24.3 Å². The molecule has 1 aliphatic rings. The number of aromatic amines is 2. The first-order valence-corrected chi connectivity index (χ1v) is 10.6. The average Bonchev–Trinajstić information content (AvgIpc) is 3.23. The van der Waals surface area contributed by atoms with Crippen LogP contribution in [0.5, 0.6) is 0 Å². The smallest absolute Gasteiger partial charge is 0.264 e. The first-order valence-electron chi connectivity index (χ1n) is 10.2. The summed E-state index contributed by atoms with van der Waals surface area (Å²) >= 11 is 5.90. The summed E-state index contributed by atoms with van der Waals surface area (Å²) in [5.74, 6) is 1.33. The van der Waals surface area contributed by atoms with Gasteiger partial charge < -0.3 is 14.9 Å². The molecule has 1 amide bonds. The molecule has 1 fully saturated rings. The van der Waals surface area contributed by atoms with Crippen molar-refractivity contribution in [1.82, 2.24) is 24.8 Å². The highest BCUT2D eigenvalue weighted by atomic mass is 35.5. The van der Waals surface area contributed by atoms with Gasteiger partial charge in [0.2, 0.25) is 0 Å². The second-order valence-electron chi connectivity index (χ2n) is 7.69. The van der Waals surface area contributed by atoms with Gasteiger partial charge >= 0.3 is 0 Å². The van der Waals surface area contributed by atoms with E-state index in [9.17, 15) is 9.59 Å². The Kier molecular flexibility index (Phi) is 5.03. The first kappa shape index (κ1) is 19.5. The Labute approximate surface area is 183 Å². The standard InChI is InChI=1S/C23H20ClN5O2/c24-16-7-5-14(6-8-16)20-25-13-17(22(30)28-20)23(31)29-11-9-15(10-12-29)21-26-18-3-1-2-4-19(18)27-21/h1-8,13,15H,9-12H2,(H,26,27)(H,25,28,30). The lowest BCUT2D eigenvalue weighted by Gasteiger charge is -2.31. The number of piperidine rings is 1. The normalized spacial score (nSPS) is 14.8. The molecular weight excluding hydrogens is 414 g/mol. The number of para-hydroxylation sites is 2. The maximum atomic E-state index is 12.9. The van der Waals surface area contributed by atoms with E-state index in [1.54, 1.807) is 29.2 Å². The van der Waals surface area contributed by atoms with Crippen molar-refractivity contribution in [3.8, 4) is 11.4 Å². The lowest BCUT2D eigenvalue weighted by atomic mass is 9.96. The highest BCUT2D eigenvalue weighted by Gasteiger charge is 2.27. The molecule has 7 nitrogen and oxygen atoms in total. The highest BCUT2D eigenvalue weighted by Crippen LogP contribution is 2.28. The Morgan fingerprint density at radius 2 is 1.77 bits per heavy atom. The Bertz CT molecular complexity index is 1270. The molecule has 156 valence electrons. The van der Waals surface area contributed by atoms with Gasteiger partial charge in [-0.15, -0.1) is 0 Å². The lowest BCUT2D eigenvalue weighted by molar-refractivity contribution is 0.0709. The molecule has 0 spiro atoms. The minimum absolute atomic E-state index is 0.0555. The minimum atomic E-state index is -0.440. The van der Waals surface area contributed by atoms with Crippen LogP contribution in [0.25, 0.3) is 22.4 Å². The predicted octanol–water partition coefficient (Wildman–Crippen LogP) is 3.99. The quantitative estimate of drug-likeness (QED) is 0.510. The molecule has 0 bridgehead atoms. The maximum Gasteiger partial charge on any atom is 0.264 e. The molecule has 3 heterocycles. The number of benzene rings is 2. The molecule has 2 aromatic heterocycles. The third-order valence-corrected chi connectivity index (χ3v) is 5.98. The summed E-state index contributed by atoms with van der Waals surface area (Å²) in [5.41, 5.74) is 2.32. The SMILES string of the molecule is O=C(c1cnc(-c2ccc(Cl)cc2)[nH]c1=O)N1CCC(c2nc3ccccc3[nH]2)CC1.